The number of hydrogen-bond acceptors (Lipinski definition) is 4. The van der Waals surface area contributed by atoms with Crippen molar-refractivity contribution in [3.05, 3.63) is 56.5 Å². The van der Waals surface area contributed by atoms with Crippen LogP contribution in [0.4, 0.5) is 0 Å². The maximum Gasteiger partial charge on any atom is 0.271 e. The van der Waals surface area contributed by atoms with Crippen molar-refractivity contribution in [2.45, 2.75) is 20.3 Å². The van der Waals surface area contributed by atoms with Gasteiger partial charge < -0.3 is 9.47 Å². The van der Waals surface area contributed by atoms with Crippen molar-refractivity contribution in [1.29, 1.82) is 0 Å². The van der Waals surface area contributed by atoms with Crippen molar-refractivity contribution in [1.82, 2.24) is 5.43 Å². The Morgan fingerprint density at radius 1 is 1.15 bits per heavy atom. The highest BCUT2D eigenvalue weighted by Crippen LogP contribution is 2.36. The van der Waals surface area contributed by atoms with E-state index in [0.717, 1.165) is 20.9 Å². The van der Waals surface area contributed by atoms with Gasteiger partial charge in [0.2, 0.25) is 0 Å². The fourth-order valence-corrected chi connectivity index (χ4v) is 2.94. The number of carbonyl (C=O) groups is 1. The molecule has 0 aromatic heterocycles. The molecule has 2 aromatic rings. The molecule has 1 N–H and O–H groups in total. The normalized spacial score (nSPS) is 10.8. The Balaban J connectivity index is 2.11. The highest BCUT2D eigenvalue weighted by Gasteiger charge is 2.11. The third-order valence-electron chi connectivity index (χ3n) is 3.27. The van der Waals surface area contributed by atoms with E-state index >= 15 is 0 Å². The lowest BCUT2D eigenvalue weighted by Crippen LogP contribution is -2.17. The Morgan fingerprint density at radius 2 is 1.88 bits per heavy atom. The number of carbonyl (C=O) groups excluding carboxylic acids is 1. The smallest absolute Gasteiger partial charge is 0.271 e. The monoisotopic (exact) mass is 482 g/mol. The molecule has 0 fully saturated rings. The summed E-state index contributed by atoms with van der Waals surface area (Å²) < 4.78 is 13.1. The largest absolute Gasteiger partial charge is 0.490 e. The maximum atomic E-state index is 12.1. The Labute approximate surface area is 170 Å². The van der Waals surface area contributed by atoms with Crippen LogP contribution < -0.4 is 14.9 Å². The molecule has 0 heterocycles. The molecule has 0 aliphatic rings. The first-order valence-corrected chi connectivity index (χ1v) is 9.81. The first-order valence-electron chi connectivity index (χ1n) is 8.23. The van der Waals surface area contributed by atoms with Crippen LogP contribution in [0.25, 0.3) is 0 Å². The second kappa shape index (κ2) is 10.3. The van der Waals surface area contributed by atoms with Crippen molar-refractivity contribution in [2.75, 3.05) is 13.2 Å². The lowest BCUT2D eigenvalue weighted by atomic mass is 10.2. The van der Waals surface area contributed by atoms with Gasteiger partial charge in [-0.3, -0.25) is 4.79 Å². The van der Waals surface area contributed by atoms with Crippen LogP contribution in [-0.2, 0) is 0 Å². The number of nitrogens with one attached hydrogen (secondary N) is 1. The minimum Gasteiger partial charge on any atom is -0.490 e. The molecule has 0 spiro atoms. The van der Waals surface area contributed by atoms with E-state index in [4.69, 9.17) is 9.47 Å². The molecule has 0 bridgehead atoms. The highest BCUT2D eigenvalue weighted by atomic mass is 79.9. The van der Waals surface area contributed by atoms with E-state index in [9.17, 15) is 4.79 Å². The minimum atomic E-state index is -0.277. The van der Waals surface area contributed by atoms with Gasteiger partial charge in [-0.05, 0) is 71.2 Å². The Bertz CT molecular complexity index is 777. The van der Waals surface area contributed by atoms with E-state index in [0.29, 0.717) is 30.3 Å². The Kier molecular flexibility index (Phi) is 8.12. The number of halogens is 2. The summed E-state index contributed by atoms with van der Waals surface area (Å²) in [6.45, 7) is 5.09. The molecule has 26 heavy (non-hydrogen) atoms. The van der Waals surface area contributed by atoms with Gasteiger partial charge in [0.15, 0.2) is 11.5 Å². The summed E-state index contributed by atoms with van der Waals surface area (Å²) in [6.07, 6.45) is 2.47. The number of nitrogens with zero attached hydrogens (tertiary/aromatic N) is 1. The zero-order valence-corrected chi connectivity index (χ0v) is 17.8. The van der Waals surface area contributed by atoms with Crippen LogP contribution in [0.1, 0.15) is 36.2 Å². The molecule has 0 aliphatic heterocycles. The fraction of sp³-hybridized carbons (Fsp3) is 0.263. The molecule has 2 aromatic carbocycles. The fourth-order valence-electron chi connectivity index (χ4n) is 2.10. The van der Waals surface area contributed by atoms with Crippen LogP contribution in [0.15, 0.2) is 50.4 Å². The van der Waals surface area contributed by atoms with Crippen molar-refractivity contribution < 1.29 is 14.3 Å². The molecule has 0 atom stereocenters. The average Bonchev–Trinajstić information content (AvgIpc) is 2.62. The maximum absolute atomic E-state index is 12.1. The minimum absolute atomic E-state index is 0.277. The predicted octanol–water partition coefficient (Wildman–Crippen LogP) is 5.16. The highest BCUT2D eigenvalue weighted by molar-refractivity contribution is 9.10. The molecular formula is C19H20Br2N2O3. The van der Waals surface area contributed by atoms with Crippen molar-refractivity contribution in [3.8, 4) is 11.5 Å². The van der Waals surface area contributed by atoms with Crippen LogP contribution >= 0.6 is 31.9 Å². The zero-order valence-electron chi connectivity index (χ0n) is 14.6. The standard InChI is InChI=1S/C19H20Br2N2O3/c1-3-9-26-18-16(21)10-13(11-17(18)25-4-2)12-22-23-19(24)14-5-7-15(20)8-6-14/h5-8,10-12H,3-4,9H2,1-2H3,(H,23,24)/b22-12+. The predicted molar refractivity (Wildman–Crippen MR) is 110 cm³/mol. The molecule has 1 amide bonds. The van der Waals surface area contributed by atoms with E-state index in [1.54, 1.807) is 30.5 Å². The van der Waals surface area contributed by atoms with E-state index in [-0.39, 0.29) is 5.91 Å². The van der Waals surface area contributed by atoms with Crippen molar-refractivity contribution in [2.24, 2.45) is 5.10 Å². The molecule has 0 aliphatic carbocycles. The van der Waals surface area contributed by atoms with E-state index in [1.165, 1.54) is 0 Å². The Hall–Kier alpha value is -1.86. The van der Waals surface area contributed by atoms with Crippen LogP contribution in [0.5, 0.6) is 11.5 Å². The zero-order chi connectivity index (χ0) is 18.9. The summed E-state index contributed by atoms with van der Waals surface area (Å²) in [5.74, 6) is 1.03. The molecule has 5 nitrogen and oxygen atoms in total. The molecule has 0 unspecified atom stereocenters. The number of amides is 1. The van der Waals surface area contributed by atoms with Gasteiger partial charge >= 0.3 is 0 Å². The molecule has 138 valence electrons. The topological polar surface area (TPSA) is 59.9 Å². The molecule has 0 radical (unpaired) electrons. The van der Waals surface area contributed by atoms with Gasteiger partial charge in [0, 0.05) is 10.0 Å². The molecule has 0 saturated carbocycles. The quantitative estimate of drug-likeness (QED) is 0.416. The number of hydrazone groups is 1. The summed E-state index contributed by atoms with van der Waals surface area (Å²) in [7, 11) is 0. The first-order chi connectivity index (χ1) is 12.5. The van der Waals surface area contributed by atoms with Crippen LogP contribution in [0.2, 0.25) is 0 Å². The van der Waals surface area contributed by atoms with Crippen molar-refractivity contribution in [3.63, 3.8) is 0 Å². The molecule has 7 heteroatoms. The van der Waals surface area contributed by atoms with Gasteiger partial charge in [0.05, 0.1) is 23.9 Å². The number of ether oxygens (including phenoxy) is 2. The lowest BCUT2D eigenvalue weighted by molar-refractivity contribution is 0.0955. The van der Waals surface area contributed by atoms with Crippen LogP contribution in [0, 0.1) is 0 Å². The van der Waals surface area contributed by atoms with Gasteiger partial charge in [0.25, 0.3) is 5.91 Å². The summed E-state index contributed by atoms with van der Waals surface area (Å²) in [6, 6.07) is 10.7. The summed E-state index contributed by atoms with van der Waals surface area (Å²) in [5.41, 5.74) is 3.82. The average molecular weight is 484 g/mol. The number of rotatable bonds is 8. The SMILES string of the molecule is CCCOc1c(Br)cc(/C=N/NC(=O)c2ccc(Br)cc2)cc1OCC. The van der Waals surface area contributed by atoms with E-state index in [2.05, 4.69) is 42.4 Å². The van der Waals surface area contributed by atoms with E-state index in [1.807, 2.05) is 26.0 Å². The third-order valence-corrected chi connectivity index (χ3v) is 4.39. The van der Waals surface area contributed by atoms with Gasteiger partial charge in [-0.2, -0.15) is 5.10 Å². The molecule has 0 saturated heterocycles. The van der Waals surface area contributed by atoms with Crippen molar-refractivity contribution >= 4 is 44.0 Å². The Morgan fingerprint density at radius 3 is 2.54 bits per heavy atom. The number of hydrogen-bond donors (Lipinski definition) is 1. The molecule has 2 rings (SSSR count). The second-order valence-corrected chi connectivity index (χ2v) is 7.09. The van der Waals surface area contributed by atoms with Crippen LogP contribution in [-0.4, -0.2) is 25.3 Å². The summed E-state index contributed by atoms with van der Waals surface area (Å²) in [4.78, 5) is 12.1. The summed E-state index contributed by atoms with van der Waals surface area (Å²) >= 11 is 6.84. The third kappa shape index (κ3) is 5.85. The lowest BCUT2D eigenvalue weighted by Gasteiger charge is -2.14. The number of benzene rings is 2. The van der Waals surface area contributed by atoms with Gasteiger partial charge in [0.1, 0.15) is 0 Å². The van der Waals surface area contributed by atoms with E-state index < -0.39 is 0 Å². The second-order valence-electron chi connectivity index (χ2n) is 5.32. The van der Waals surface area contributed by atoms with Gasteiger partial charge in [-0.25, -0.2) is 5.43 Å². The van der Waals surface area contributed by atoms with Crippen LogP contribution in [0.3, 0.4) is 0 Å². The molecular weight excluding hydrogens is 464 g/mol. The first kappa shape index (κ1) is 20.5. The summed E-state index contributed by atoms with van der Waals surface area (Å²) in [5, 5.41) is 4.02. The van der Waals surface area contributed by atoms with Gasteiger partial charge in [-0.1, -0.05) is 22.9 Å². The van der Waals surface area contributed by atoms with Gasteiger partial charge in [-0.15, -0.1) is 0 Å².